The second kappa shape index (κ2) is 6.13. The predicted octanol–water partition coefficient (Wildman–Crippen LogP) is 1.08. The average molecular weight is 275 g/mol. The number of nitrogen functional groups attached to an aromatic ring is 1. The summed E-state index contributed by atoms with van der Waals surface area (Å²) in [6.45, 7) is 0.828. The van der Waals surface area contributed by atoms with E-state index in [-0.39, 0.29) is 10.6 Å². The molecule has 0 spiro atoms. The number of thioether (sulfide) groups is 1. The molecular formula is C10H17N3O2S2. The van der Waals surface area contributed by atoms with E-state index in [2.05, 4.69) is 11.6 Å². The van der Waals surface area contributed by atoms with Crippen molar-refractivity contribution >= 4 is 33.2 Å². The smallest absolute Gasteiger partial charge is 0.240 e. The number of rotatable bonds is 6. The largest absolute Gasteiger partial charge is 0.398 e. The minimum Gasteiger partial charge on any atom is -0.398 e. The third-order valence-corrected chi connectivity index (χ3v) is 3.85. The molecule has 0 fully saturated rings. The number of anilines is 2. The van der Waals surface area contributed by atoms with Crippen molar-refractivity contribution in [1.82, 2.24) is 0 Å². The normalized spacial score (nSPS) is 11.4. The van der Waals surface area contributed by atoms with E-state index in [0.29, 0.717) is 0 Å². The van der Waals surface area contributed by atoms with Crippen LogP contribution in [0.25, 0.3) is 0 Å². The van der Waals surface area contributed by atoms with Crippen molar-refractivity contribution in [3.05, 3.63) is 18.2 Å². The molecule has 0 atom stereocenters. The Morgan fingerprint density at radius 3 is 2.65 bits per heavy atom. The summed E-state index contributed by atoms with van der Waals surface area (Å²) in [5.74, 6) is 1.08. The summed E-state index contributed by atoms with van der Waals surface area (Å²) in [6, 6.07) is 4.66. The van der Waals surface area contributed by atoms with Crippen molar-refractivity contribution in [2.45, 2.75) is 11.3 Å². The Hall–Kier alpha value is -0.920. The summed E-state index contributed by atoms with van der Waals surface area (Å²) < 4.78 is 22.3. The van der Waals surface area contributed by atoms with Gasteiger partial charge in [0.1, 0.15) is 4.90 Å². The van der Waals surface area contributed by atoms with E-state index in [4.69, 9.17) is 10.9 Å². The van der Waals surface area contributed by atoms with Gasteiger partial charge in [-0.05, 0) is 36.6 Å². The molecule has 0 saturated carbocycles. The monoisotopic (exact) mass is 275 g/mol. The van der Waals surface area contributed by atoms with Crippen molar-refractivity contribution in [2.24, 2.45) is 5.14 Å². The summed E-state index contributed by atoms with van der Waals surface area (Å²) in [7, 11) is -3.74. The molecule has 0 aromatic heterocycles. The lowest BCUT2D eigenvalue weighted by atomic mass is 10.3. The van der Waals surface area contributed by atoms with Gasteiger partial charge in [-0.2, -0.15) is 11.8 Å². The molecule has 5 nitrogen and oxygen atoms in total. The van der Waals surface area contributed by atoms with Gasteiger partial charge in [0.25, 0.3) is 0 Å². The van der Waals surface area contributed by atoms with Gasteiger partial charge in [0.15, 0.2) is 0 Å². The number of primary sulfonamides is 1. The molecule has 0 aliphatic rings. The van der Waals surface area contributed by atoms with Crippen molar-refractivity contribution in [3.8, 4) is 0 Å². The summed E-state index contributed by atoms with van der Waals surface area (Å²) in [5.41, 5.74) is 6.61. The van der Waals surface area contributed by atoms with Crippen molar-refractivity contribution in [1.29, 1.82) is 0 Å². The van der Waals surface area contributed by atoms with Crippen LogP contribution in [-0.2, 0) is 10.0 Å². The van der Waals surface area contributed by atoms with Crippen molar-refractivity contribution in [2.75, 3.05) is 29.6 Å². The lowest BCUT2D eigenvalue weighted by Crippen LogP contribution is -2.14. The van der Waals surface area contributed by atoms with E-state index in [0.717, 1.165) is 24.4 Å². The number of benzene rings is 1. The number of hydrogen-bond acceptors (Lipinski definition) is 5. The van der Waals surface area contributed by atoms with E-state index in [1.165, 1.54) is 6.07 Å². The van der Waals surface area contributed by atoms with Gasteiger partial charge < -0.3 is 11.1 Å². The summed E-state index contributed by atoms with van der Waals surface area (Å²) in [6.07, 6.45) is 3.09. The van der Waals surface area contributed by atoms with Gasteiger partial charge in [0.2, 0.25) is 10.0 Å². The Morgan fingerprint density at radius 1 is 1.41 bits per heavy atom. The molecule has 0 aliphatic heterocycles. The van der Waals surface area contributed by atoms with Gasteiger partial charge in [-0.3, -0.25) is 0 Å². The molecule has 96 valence electrons. The SMILES string of the molecule is CSCCCNc1ccc(S(N)(=O)=O)c(N)c1. The molecule has 0 saturated heterocycles. The Bertz CT molecular complexity index is 474. The quantitative estimate of drug-likeness (QED) is 0.533. The zero-order valence-corrected chi connectivity index (χ0v) is 11.3. The molecule has 1 aromatic rings. The molecular weight excluding hydrogens is 258 g/mol. The van der Waals surface area contributed by atoms with Gasteiger partial charge >= 0.3 is 0 Å². The molecule has 0 bridgehead atoms. The highest BCUT2D eigenvalue weighted by molar-refractivity contribution is 7.98. The van der Waals surface area contributed by atoms with Crippen LogP contribution in [0.3, 0.4) is 0 Å². The van der Waals surface area contributed by atoms with Gasteiger partial charge in [-0.1, -0.05) is 0 Å². The number of nitrogens with two attached hydrogens (primary N) is 2. The summed E-state index contributed by atoms with van der Waals surface area (Å²) in [5, 5.41) is 8.19. The maximum absolute atomic E-state index is 11.1. The number of nitrogens with one attached hydrogen (secondary N) is 1. The molecule has 0 aliphatic carbocycles. The highest BCUT2D eigenvalue weighted by atomic mass is 32.2. The first-order valence-corrected chi connectivity index (χ1v) is 8.04. The zero-order chi connectivity index (χ0) is 12.9. The third kappa shape index (κ3) is 4.45. The van der Waals surface area contributed by atoms with E-state index in [1.54, 1.807) is 23.9 Å². The van der Waals surface area contributed by atoms with Crippen LogP contribution < -0.4 is 16.2 Å². The van der Waals surface area contributed by atoms with Gasteiger partial charge in [-0.25, -0.2) is 13.6 Å². The predicted molar refractivity (Wildman–Crippen MR) is 73.7 cm³/mol. The van der Waals surface area contributed by atoms with Crippen LogP contribution in [0, 0.1) is 0 Å². The first kappa shape index (κ1) is 14.1. The fourth-order valence-electron chi connectivity index (χ4n) is 1.37. The second-order valence-corrected chi connectivity index (χ2v) is 6.09. The standard InChI is InChI=1S/C10H17N3O2S2/c1-16-6-2-5-13-8-3-4-10(9(11)7-8)17(12,14)15/h3-4,7,13H,2,5-6,11H2,1H3,(H2,12,14,15). The van der Waals surface area contributed by atoms with Crippen LogP contribution in [0.1, 0.15) is 6.42 Å². The summed E-state index contributed by atoms with van der Waals surface area (Å²) in [4.78, 5) is -0.0350. The Morgan fingerprint density at radius 2 is 2.12 bits per heavy atom. The molecule has 7 heteroatoms. The van der Waals surface area contributed by atoms with E-state index < -0.39 is 10.0 Å². The van der Waals surface area contributed by atoms with Gasteiger partial charge in [-0.15, -0.1) is 0 Å². The molecule has 0 heterocycles. The van der Waals surface area contributed by atoms with E-state index in [1.807, 2.05) is 0 Å². The van der Waals surface area contributed by atoms with E-state index in [9.17, 15) is 8.42 Å². The molecule has 1 rings (SSSR count). The van der Waals surface area contributed by atoms with Gasteiger partial charge in [0, 0.05) is 12.2 Å². The minimum absolute atomic E-state index is 0.0350. The number of hydrogen-bond donors (Lipinski definition) is 3. The molecule has 0 amide bonds. The van der Waals surface area contributed by atoms with Crippen molar-refractivity contribution in [3.63, 3.8) is 0 Å². The first-order chi connectivity index (χ1) is 7.95. The van der Waals surface area contributed by atoms with E-state index >= 15 is 0 Å². The fourth-order valence-corrected chi connectivity index (χ4v) is 2.44. The van der Waals surface area contributed by atoms with Crippen LogP contribution in [0.5, 0.6) is 0 Å². The lowest BCUT2D eigenvalue weighted by molar-refractivity contribution is 0.598. The Balaban J connectivity index is 2.70. The highest BCUT2D eigenvalue weighted by Crippen LogP contribution is 2.21. The molecule has 5 N–H and O–H groups in total. The highest BCUT2D eigenvalue weighted by Gasteiger charge is 2.11. The zero-order valence-electron chi connectivity index (χ0n) is 9.64. The van der Waals surface area contributed by atoms with Crippen LogP contribution in [0.4, 0.5) is 11.4 Å². The lowest BCUT2D eigenvalue weighted by Gasteiger charge is -2.09. The van der Waals surface area contributed by atoms with Crippen LogP contribution >= 0.6 is 11.8 Å². The maximum atomic E-state index is 11.1. The van der Waals surface area contributed by atoms with Crippen LogP contribution in [0.15, 0.2) is 23.1 Å². The fraction of sp³-hybridized carbons (Fsp3) is 0.400. The minimum atomic E-state index is -3.74. The topological polar surface area (TPSA) is 98.2 Å². The molecule has 1 aromatic carbocycles. The Kier molecular flexibility index (Phi) is 5.10. The molecule has 17 heavy (non-hydrogen) atoms. The first-order valence-electron chi connectivity index (χ1n) is 5.10. The molecule has 0 unspecified atom stereocenters. The molecule has 0 radical (unpaired) electrons. The maximum Gasteiger partial charge on any atom is 0.240 e. The van der Waals surface area contributed by atoms with Crippen molar-refractivity contribution < 1.29 is 8.42 Å². The van der Waals surface area contributed by atoms with Crippen LogP contribution in [-0.4, -0.2) is 27.0 Å². The van der Waals surface area contributed by atoms with Crippen LogP contribution in [0.2, 0.25) is 0 Å². The average Bonchev–Trinajstić information content (AvgIpc) is 2.23. The Labute approximate surface area is 106 Å². The third-order valence-electron chi connectivity index (χ3n) is 2.17. The van der Waals surface area contributed by atoms with Gasteiger partial charge in [0.05, 0.1) is 5.69 Å². The number of sulfonamides is 1. The summed E-state index contributed by atoms with van der Waals surface area (Å²) >= 11 is 1.79. The second-order valence-electron chi connectivity index (χ2n) is 3.57.